The number of aromatic amines is 1. The third-order valence-electron chi connectivity index (χ3n) is 1.41. The first-order valence-corrected chi connectivity index (χ1v) is 3.99. The van der Waals surface area contributed by atoms with E-state index in [1.165, 1.54) is 0 Å². The molecule has 3 nitrogen and oxygen atoms in total. The molecule has 0 saturated heterocycles. The number of aromatic nitrogens is 1. The fraction of sp³-hybridized carbons (Fsp3) is 0.286. The SMILES string of the molecule is N#CC[C@@H](N)c1c[nH]c(Br)c1. The number of H-pyrrole nitrogens is 1. The van der Waals surface area contributed by atoms with E-state index < -0.39 is 0 Å². The topological polar surface area (TPSA) is 65.6 Å². The van der Waals surface area contributed by atoms with E-state index in [-0.39, 0.29) is 6.04 Å². The van der Waals surface area contributed by atoms with Crippen molar-refractivity contribution in [2.45, 2.75) is 12.5 Å². The molecular weight excluding hydrogens is 206 g/mol. The molecule has 4 heteroatoms. The van der Waals surface area contributed by atoms with Crippen molar-refractivity contribution in [2.24, 2.45) is 5.73 Å². The van der Waals surface area contributed by atoms with E-state index in [9.17, 15) is 0 Å². The van der Waals surface area contributed by atoms with Crippen LogP contribution in [0.1, 0.15) is 18.0 Å². The number of hydrogen-bond donors (Lipinski definition) is 2. The zero-order chi connectivity index (χ0) is 8.27. The predicted octanol–water partition coefficient (Wildman–Crippen LogP) is 1.69. The third-order valence-corrected chi connectivity index (χ3v) is 1.87. The largest absolute Gasteiger partial charge is 0.356 e. The highest BCUT2D eigenvalue weighted by atomic mass is 79.9. The molecule has 0 spiro atoms. The summed E-state index contributed by atoms with van der Waals surface area (Å²) in [6.45, 7) is 0. The summed E-state index contributed by atoms with van der Waals surface area (Å²) in [5, 5.41) is 8.35. The van der Waals surface area contributed by atoms with Crippen LogP contribution in [0.2, 0.25) is 0 Å². The molecule has 0 aromatic carbocycles. The van der Waals surface area contributed by atoms with Crippen molar-refractivity contribution in [3.05, 3.63) is 22.4 Å². The monoisotopic (exact) mass is 213 g/mol. The number of nitrogens with one attached hydrogen (secondary N) is 1. The molecule has 0 aliphatic heterocycles. The highest BCUT2D eigenvalue weighted by Crippen LogP contribution is 2.17. The van der Waals surface area contributed by atoms with E-state index in [1.807, 2.05) is 12.1 Å². The Morgan fingerprint density at radius 2 is 2.55 bits per heavy atom. The van der Waals surface area contributed by atoms with Crippen molar-refractivity contribution in [2.75, 3.05) is 0 Å². The summed E-state index contributed by atoms with van der Waals surface area (Å²) < 4.78 is 0.890. The first-order chi connectivity index (χ1) is 5.24. The maximum Gasteiger partial charge on any atom is 0.0823 e. The van der Waals surface area contributed by atoms with Gasteiger partial charge in [-0.15, -0.1) is 0 Å². The number of hydrogen-bond acceptors (Lipinski definition) is 2. The van der Waals surface area contributed by atoms with Gasteiger partial charge in [0, 0.05) is 12.2 Å². The second-order valence-corrected chi connectivity index (χ2v) is 3.10. The Labute approximate surface area is 73.3 Å². The van der Waals surface area contributed by atoms with Gasteiger partial charge in [-0.2, -0.15) is 5.26 Å². The van der Waals surface area contributed by atoms with Crippen molar-refractivity contribution in [3.8, 4) is 6.07 Å². The van der Waals surface area contributed by atoms with Crippen LogP contribution in [-0.2, 0) is 0 Å². The van der Waals surface area contributed by atoms with E-state index in [4.69, 9.17) is 11.0 Å². The van der Waals surface area contributed by atoms with Crippen molar-refractivity contribution < 1.29 is 0 Å². The summed E-state index contributed by atoms with van der Waals surface area (Å²) in [5.41, 5.74) is 6.61. The van der Waals surface area contributed by atoms with Gasteiger partial charge in [-0.05, 0) is 27.6 Å². The van der Waals surface area contributed by atoms with Gasteiger partial charge in [-0.25, -0.2) is 0 Å². The number of nitriles is 1. The smallest absolute Gasteiger partial charge is 0.0823 e. The zero-order valence-corrected chi connectivity index (χ0v) is 7.43. The number of halogens is 1. The summed E-state index contributed by atoms with van der Waals surface area (Å²) in [4.78, 5) is 2.94. The molecule has 0 aliphatic rings. The van der Waals surface area contributed by atoms with Gasteiger partial charge < -0.3 is 10.7 Å². The van der Waals surface area contributed by atoms with Crippen LogP contribution in [0.5, 0.6) is 0 Å². The zero-order valence-electron chi connectivity index (χ0n) is 5.84. The molecule has 0 bridgehead atoms. The first kappa shape index (κ1) is 8.31. The van der Waals surface area contributed by atoms with Crippen LogP contribution < -0.4 is 5.73 Å². The standard InChI is InChI=1S/C7H8BrN3/c8-7-3-5(4-11-7)6(10)1-2-9/h3-4,6,11H,1,10H2/t6-/m1/s1. The molecule has 0 fully saturated rings. The Balaban J connectivity index is 2.70. The van der Waals surface area contributed by atoms with Crippen LogP contribution in [0.4, 0.5) is 0 Å². The molecule has 0 unspecified atom stereocenters. The lowest BCUT2D eigenvalue weighted by atomic mass is 10.1. The van der Waals surface area contributed by atoms with E-state index >= 15 is 0 Å². The van der Waals surface area contributed by atoms with Gasteiger partial charge in [0.05, 0.1) is 17.1 Å². The summed E-state index contributed by atoms with van der Waals surface area (Å²) in [7, 11) is 0. The molecule has 1 aromatic rings. The summed E-state index contributed by atoms with van der Waals surface area (Å²) >= 11 is 3.26. The highest BCUT2D eigenvalue weighted by molar-refractivity contribution is 9.10. The molecule has 0 aliphatic carbocycles. The van der Waals surface area contributed by atoms with Gasteiger partial charge in [0.15, 0.2) is 0 Å². The van der Waals surface area contributed by atoms with E-state index in [0.717, 1.165) is 10.2 Å². The van der Waals surface area contributed by atoms with Crippen LogP contribution >= 0.6 is 15.9 Å². The second kappa shape index (κ2) is 3.56. The molecule has 1 aromatic heterocycles. The van der Waals surface area contributed by atoms with E-state index in [1.54, 1.807) is 6.20 Å². The molecule has 0 radical (unpaired) electrons. The predicted molar refractivity (Wildman–Crippen MR) is 45.7 cm³/mol. The molecule has 0 saturated carbocycles. The van der Waals surface area contributed by atoms with E-state index in [2.05, 4.69) is 20.9 Å². The molecule has 11 heavy (non-hydrogen) atoms. The number of nitrogens with zero attached hydrogens (tertiary/aromatic N) is 1. The molecule has 3 N–H and O–H groups in total. The molecule has 58 valence electrons. The van der Waals surface area contributed by atoms with Crippen molar-refractivity contribution >= 4 is 15.9 Å². The molecule has 1 rings (SSSR count). The minimum absolute atomic E-state index is 0.178. The van der Waals surface area contributed by atoms with Gasteiger partial charge in [0.2, 0.25) is 0 Å². The highest BCUT2D eigenvalue weighted by Gasteiger charge is 2.05. The van der Waals surface area contributed by atoms with Crippen LogP contribution in [-0.4, -0.2) is 4.98 Å². The number of rotatable bonds is 2. The average Bonchev–Trinajstić information content (AvgIpc) is 2.36. The second-order valence-electron chi connectivity index (χ2n) is 2.25. The fourth-order valence-electron chi connectivity index (χ4n) is 0.812. The molecule has 0 amide bonds. The summed E-state index contributed by atoms with van der Waals surface area (Å²) in [6.07, 6.45) is 2.15. The quantitative estimate of drug-likeness (QED) is 0.786. The summed E-state index contributed by atoms with van der Waals surface area (Å²) in [6, 6.07) is 3.72. The van der Waals surface area contributed by atoms with Gasteiger partial charge in [-0.3, -0.25) is 0 Å². The van der Waals surface area contributed by atoms with Crippen LogP contribution in [0, 0.1) is 11.3 Å². The lowest BCUT2D eigenvalue weighted by molar-refractivity contribution is 0.750. The van der Waals surface area contributed by atoms with Crippen LogP contribution in [0.25, 0.3) is 0 Å². The molecule has 1 atom stereocenters. The Bertz CT molecular complexity index is 273. The van der Waals surface area contributed by atoms with Crippen molar-refractivity contribution in [3.63, 3.8) is 0 Å². The third kappa shape index (κ3) is 2.07. The minimum Gasteiger partial charge on any atom is -0.356 e. The average molecular weight is 214 g/mol. The normalized spacial score (nSPS) is 12.5. The Morgan fingerprint density at radius 3 is 3.00 bits per heavy atom. The lowest BCUT2D eigenvalue weighted by Crippen LogP contribution is -2.07. The van der Waals surface area contributed by atoms with Crippen LogP contribution in [0.3, 0.4) is 0 Å². The molecular formula is C7H8BrN3. The Morgan fingerprint density at radius 1 is 1.82 bits per heavy atom. The Hall–Kier alpha value is -0.790. The van der Waals surface area contributed by atoms with Gasteiger partial charge >= 0.3 is 0 Å². The maximum absolute atomic E-state index is 8.35. The maximum atomic E-state index is 8.35. The fourth-order valence-corrected chi connectivity index (χ4v) is 1.19. The Kier molecular flexibility index (Phi) is 2.69. The number of nitrogens with two attached hydrogens (primary N) is 1. The first-order valence-electron chi connectivity index (χ1n) is 3.20. The van der Waals surface area contributed by atoms with Crippen LogP contribution in [0.15, 0.2) is 16.9 Å². The molecule has 1 heterocycles. The van der Waals surface area contributed by atoms with E-state index in [0.29, 0.717) is 6.42 Å². The van der Waals surface area contributed by atoms with Gasteiger partial charge in [0.25, 0.3) is 0 Å². The van der Waals surface area contributed by atoms with Crippen molar-refractivity contribution in [1.82, 2.24) is 4.98 Å². The van der Waals surface area contributed by atoms with Gasteiger partial charge in [0.1, 0.15) is 0 Å². The minimum atomic E-state index is -0.178. The van der Waals surface area contributed by atoms with Crippen molar-refractivity contribution in [1.29, 1.82) is 5.26 Å². The summed E-state index contributed by atoms with van der Waals surface area (Å²) in [5.74, 6) is 0. The van der Waals surface area contributed by atoms with Gasteiger partial charge in [-0.1, -0.05) is 0 Å². The lowest BCUT2D eigenvalue weighted by Gasteiger charge is -2.01.